The van der Waals surface area contributed by atoms with Crippen molar-refractivity contribution in [3.8, 4) is 6.07 Å². The fourth-order valence-electron chi connectivity index (χ4n) is 5.65. The molecule has 0 saturated carbocycles. The molecule has 1 unspecified atom stereocenters. The number of amidine groups is 1. The number of hydrogen-bond acceptors (Lipinski definition) is 7. The highest BCUT2D eigenvalue weighted by atomic mass is 19.1. The zero-order valence-corrected chi connectivity index (χ0v) is 22.3. The molecule has 3 aliphatic rings. The molecule has 5 rings (SSSR count). The zero-order valence-electron chi connectivity index (χ0n) is 22.3. The number of benzene rings is 2. The Balaban J connectivity index is 1.53. The Hall–Kier alpha value is -3.90. The highest BCUT2D eigenvalue weighted by Crippen LogP contribution is 2.33. The van der Waals surface area contributed by atoms with Gasteiger partial charge < -0.3 is 26.2 Å². The molecule has 2 aromatic carbocycles. The van der Waals surface area contributed by atoms with Crippen LogP contribution in [-0.4, -0.2) is 45.1 Å². The van der Waals surface area contributed by atoms with Crippen LogP contribution in [0.2, 0.25) is 0 Å². The monoisotopic (exact) mass is 531 g/mol. The average molecular weight is 532 g/mol. The van der Waals surface area contributed by atoms with Crippen LogP contribution in [0.3, 0.4) is 0 Å². The van der Waals surface area contributed by atoms with Gasteiger partial charge in [0, 0.05) is 42.8 Å². The standard InChI is InChI=1S/C30H35F2N7/c1-2-30(10-12-35-19-30)20-36-26(9-11-33)27-18-39(29(37-27)21-5-6-22(17-34)24(31)15-21)28-8-7-23(16-25(28)32)38-13-3-4-14-38/h5-9,11,15-16,35-36H,2-4,10,12-14,18-20,33H2,1H3/b11-9-,27-26-. The SMILES string of the molecule is CCC1(CNC(/C=C\N)=C2/CN(c3ccc(N4CCCC4)cc3F)C(c3ccc(C#N)c(F)c3)=N2)CCNC1. The Morgan fingerprint density at radius 2 is 2.03 bits per heavy atom. The van der Waals surface area contributed by atoms with Crippen LogP contribution in [0.4, 0.5) is 20.2 Å². The lowest BCUT2D eigenvalue weighted by molar-refractivity contribution is 0.302. The van der Waals surface area contributed by atoms with E-state index in [-0.39, 0.29) is 23.3 Å². The number of nitrogens with two attached hydrogens (primary N) is 1. The molecule has 0 amide bonds. The van der Waals surface area contributed by atoms with E-state index in [9.17, 15) is 9.65 Å². The van der Waals surface area contributed by atoms with Gasteiger partial charge in [-0.1, -0.05) is 6.92 Å². The number of aliphatic imine (C=N–C) groups is 1. The van der Waals surface area contributed by atoms with E-state index in [1.54, 1.807) is 29.2 Å². The summed E-state index contributed by atoms with van der Waals surface area (Å²) in [4.78, 5) is 8.82. The summed E-state index contributed by atoms with van der Waals surface area (Å²) in [6.07, 6.45) is 7.55. The van der Waals surface area contributed by atoms with E-state index < -0.39 is 5.82 Å². The summed E-state index contributed by atoms with van der Waals surface area (Å²) >= 11 is 0. The summed E-state index contributed by atoms with van der Waals surface area (Å²) in [7, 11) is 0. The van der Waals surface area contributed by atoms with Gasteiger partial charge in [-0.05, 0) is 80.9 Å². The summed E-state index contributed by atoms with van der Waals surface area (Å²) in [6.45, 7) is 6.98. The molecule has 2 aromatic rings. The molecule has 7 nitrogen and oxygen atoms in total. The molecule has 2 saturated heterocycles. The summed E-state index contributed by atoms with van der Waals surface area (Å²) in [5.41, 5.74) is 9.00. The molecular formula is C30H35F2N7. The first-order valence-corrected chi connectivity index (χ1v) is 13.6. The van der Waals surface area contributed by atoms with Crippen LogP contribution in [0, 0.1) is 28.4 Å². The van der Waals surface area contributed by atoms with Gasteiger partial charge in [0.2, 0.25) is 0 Å². The maximum Gasteiger partial charge on any atom is 0.148 e. The van der Waals surface area contributed by atoms with Crippen molar-refractivity contribution in [2.45, 2.75) is 32.6 Å². The van der Waals surface area contributed by atoms with Gasteiger partial charge in [0.15, 0.2) is 0 Å². The lowest BCUT2D eigenvalue weighted by Crippen LogP contribution is -2.35. The van der Waals surface area contributed by atoms with E-state index in [4.69, 9.17) is 10.7 Å². The molecule has 0 spiro atoms. The Bertz CT molecular complexity index is 1350. The molecule has 3 heterocycles. The van der Waals surface area contributed by atoms with E-state index in [2.05, 4.69) is 22.5 Å². The topological polar surface area (TPSA) is 92.7 Å². The highest BCUT2D eigenvalue weighted by molar-refractivity contribution is 6.12. The number of allylic oxidation sites excluding steroid dienone is 1. The highest BCUT2D eigenvalue weighted by Gasteiger charge is 2.33. The molecule has 0 bridgehead atoms. The first-order valence-electron chi connectivity index (χ1n) is 13.6. The predicted molar refractivity (Wildman–Crippen MR) is 151 cm³/mol. The molecule has 4 N–H and O–H groups in total. The van der Waals surface area contributed by atoms with Crippen molar-refractivity contribution < 1.29 is 8.78 Å². The van der Waals surface area contributed by atoms with Crippen LogP contribution in [0.25, 0.3) is 0 Å². The van der Waals surface area contributed by atoms with Crippen molar-refractivity contribution in [3.05, 3.63) is 82.8 Å². The van der Waals surface area contributed by atoms with Crippen LogP contribution < -0.4 is 26.2 Å². The number of rotatable bonds is 8. The molecular weight excluding hydrogens is 496 g/mol. The van der Waals surface area contributed by atoms with Gasteiger partial charge >= 0.3 is 0 Å². The minimum absolute atomic E-state index is 0.0516. The first kappa shape index (κ1) is 26.7. The van der Waals surface area contributed by atoms with Gasteiger partial charge in [0.05, 0.1) is 29.2 Å². The van der Waals surface area contributed by atoms with Gasteiger partial charge in [0.1, 0.15) is 23.5 Å². The van der Waals surface area contributed by atoms with Gasteiger partial charge in [-0.15, -0.1) is 0 Å². The third-order valence-electron chi connectivity index (χ3n) is 8.16. The fraction of sp³-hybridized carbons (Fsp3) is 0.400. The number of anilines is 2. The predicted octanol–water partition coefficient (Wildman–Crippen LogP) is 4.37. The minimum atomic E-state index is -0.640. The first-order chi connectivity index (χ1) is 19.0. The second-order valence-corrected chi connectivity index (χ2v) is 10.5. The van der Waals surface area contributed by atoms with Crippen LogP contribution in [0.15, 0.2) is 65.1 Å². The number of hydrogen-bond donors (Lipinski definition) is 3. The summed E-state index contributed by atoms with van der Waals surface area (Å²) in [6, 6.07) is 11.5. The molecule has 0 aliphatic carbocycles. The van der Waals surface area contributed by atoms with Crippen LogP contribution >= 0.6 is 0 Å². The van der Waals surface area contributed by atoms with E-state index >= 15 is 4.39 Å². The molecule has 0 radical (unpaired) electrons. The second kappa shape index (κ2) is 11.5. The summed E-state index contributed by atoms with van der Waals surface area (Å²) < 4.78 is 30.3. The number of halogens is 2. The van der Waals surface area contributed by atoms with Crippen molar-refractivity contribution >= 4 is 17.2 Å². The Morgan fingerprint density at radius 1 is 1.21 bits per heavy atom. The van der Waals surface area contributed by atoms with Crippen LogP contribution in [0.5, 0.6) is 0 Å². The smallest absolute Gasteiger partial charge is 0.148 e. The van der Waals surface area contributed by atoms with E-state index in [0.717, 1.165) is 69.8 Å². The summed E-state index contributed by atoms with van der Waals surface area (Å²) in [5.74, 6) is -0.592. The van der Waals surface area contributed by atoms with Gasteiger partial charge in [-0.25, -0.2) is 13.8 Å². The number of nitrogens with one attached hydrogen (secondary N) is 2. The van der Waals surface area contributed by atoms with Crippen LogP contribution in [-0.2, 0) is 0 Å². The van der Waals surface area contributed by atoms with Crippen LogP contribution in [0.1, 0.15) is 43.7 Å². The van der Waals surface area contributed by atoms with Gasteiger partial charge in [-0.3, -0.25) is 0 Å². The van der Waals surface area contributed by atoms with Gasteiger partial charge in [0.25, 0.3) is 0 Å². The Labute approximate surface area is 228 Å². The van der Waals surface area contributed by atoms with E-state index in [1.807, 2.05) is 12.1 Å². The van der Waals surface area contributed by atoms with Crippen molar-refractivity contribution in [3.63, 3.8) is 0 Å². The second-order valence-electron chi connectivity index (χ2n) is 10.5. The molecule has 39 heavy (non-hydrogen) atoms. The number of nitrogens with zero attached hydrogens (tertiary/aromatic N) is 4. The molecule has 1 atom stereocenters. The average Bonchev–Trinajstić information content (AvgIpc) is 3.73. The van der Waals surface area contributed by atoms with E-state index in [0.29, 0.717) is 22.8 Å². The Morgan fingerprint density at radius 3 is 2.67 bits per heavy atom. The molecule has 2 fully saturated rings. The minimum Gasteiger partial charge on any atom is -0.405 e. The normalized spacial score (nSPS) is 22.5. The third-order valence-corrected chi connectivity index (χ3v) is 8.16. The lowest BCUT2D eigenvalue weighted by atomic mass is 9.84. The fourth-order valence-corrected chi connectivity index (χ4v) is 5.65. The van der Waals surface area contributed by atoms with Crippen molar-refractivity contribution in [2.75, 3.05) is 49.1 Å². The van der Waals surface area contributed by atoms with E-state index in [1.165, 1.54) is 18.3 Å². The molecule has 3 aliphatic heterocycles. The maximum absolute atomic E-state index is 15.7. The molecule has 204 valence electrons. The third kappa shape index (κ3) is 5.48. The quantitative estimate of drug-likeness (QED) is 0.469. The lowest BCUT2D eigenvalue weighted by Gasteiger charge is -2.28. The Kier molecular flexibility index (Phi) is 7.84. The van der Waals surface area contributed by atoms with Crippen molar-refractivity contribution in [1.29, 1.82) is 5.26 Å². The van der Waals surface area contributed by atoms with Crippen molar-refractivity contribution in [2.24, 2.45) is 16.1 Å². The molecule has 9 heteroatoms. The maximum atomic E-state index is 15.7. The zero-order chi connectivity index (χ0) is 27.4. The number of nitriles is 1. The largest absolute Gasteiger partial charge is 0.405 e. The van der Waals surface area contributed by atoms with Gasteiger partial charge in [-0.2, -0.15) is 5.26 Å². The summed E-state index contributed by atoms with van der Waals surface area (Å²) in [5, 5.41) is 16.2. The van der Waals surface area contributed by atoms with Crippen molar-refractivity contribution in [1.82, 2.24) is 10.6 Å². The molecule has 0 aromatic heterocycles.